The van der Waals surface area contributed by atoms with Crippen LogP contribution in [0.2, 0.25) is 0 Å². The van der Waals surface area contributed by atoms with E-state index in [2.05, 4.69) is 15.0 Å². The summed E-state index contributed by atoms with van der Waals surface area (Å²) in [6.45, 7) is 1.18. The molecule has 0 aliphatic rings. The van der Waals surface area contributed by atoms with Crippen molar-refractivity contribution in [2.75, 3.05) is 13.7 Å². The predicted molar refractivity (Wildman–Crippen MR) is 59.8 cm³/mol. The molecule has 0 radical (unpaired) electrons. The fourth-order valence-electron chi connectivity index (χ4n) is 1.34. The molecule has 0 spiro atoms. The Labute approximate surface area is 94.8 Å². The van der Waals surface area contributed by atoms with Crippen LogP contribution in [0.5, 0.6) is 0 Å². The van der Waals surface area contributed by atoms with Gasteiger partial charge in [0.1, 0.15) is 0 Å². The fourth-order valence-corrected chi connectivity index (χ4v) is 1.34. The third-order valence-electron chi connectivity index (χ3n) is 2.28. The second-order valence-electron chi connectivity index (χ2n) is 3.62. The van der Waals surface area contributed by atoms with Crippen LogP contribution in [-0.4, -0.2) is 35.8 Å². The van der Waals surface area contributed by atoms with E-state index in [1.54, 1.807) is 0 Å². The van der Waals surface area contributed by atoms with Crippen molar-refractivity contribution in [3.8, 4) is 0 Å². The molecule has 0 aliphatic heterocycles. The number of methoxy groups -OCH3 is 1. The highest BCUT2D eigenvalue weighted by Crippen LogP contribution is 1.99. The van der Waals surface area contributed by atoms with Crippen molar-refractivity contribution in [2.45, 2.75) is 25.5 Å². The van der Waals surface area contributed by atoms with Gasteiger partial charge in [-0.05, 0) is 18.1 Å². The Hall–Kier alpha value is -1.33. The average molecular weight is 226 g/mol. The molecule has 0 amide bonds. The maximum absolute atomic E-state index is 10.8. The number of aliphatic hydroxyl groups excluding tert-OH is 1. The zero-order valence-electron chi connectivity index (χ0n) is 9.40. The van der Waals surface area contributed by atoms with Crippen molar-refractivity contribution in [2.24, 2.45) is 0 Å². The molecule has 1 rings (SSSR count). The van der Waals surface area contributed by atoms with Crippen LogP contribution in [0.15, 0.2) is 18.5 Å². The van der Waals surface area contributed by atoms with Crippen LogP contribution in [0.1, 0.15) is 18.4 Å². The number of aliphatic hydroxyl groups is 1. The number of nitrogens with one attached hydrogen (secondary N) is 2. The van der Waals surface area contributed by atoms with E-state index in [4.69, 9.17) is 0 Å². The second-order valence-corrected chi connectivity index (χ2v) is 3.62. The van der Waals surface area contributed by atoms with E-state index in [0.29, 0.717) is 19.5 Å². The van der Waals surface area contributed by atoms with Crippen molar-refractivity contribution >= 4 is 5.97 Å². The molecule has 0 saturated carbocycles. The Bertz CT molecular complexity index is 298. The van der Waals surface area contributed by atoms with Gasteiger partial charge >= 0.3 is 5.97 Å². The lowest BCUT2D eigenvalue weighted by Gasteiger charge is -2.10. The van der Waals surface area contributed by atoms with Gasteiger partial charge < -0.3 is 20.1 Å². The van der Waals surface area contributed by atoms with Gasteiger partial charge in [0.15, 0.2) is 0 Å². The minimum Gasteiger partial charge on any atom is -0.469 e. The maximum atomic E-state index is 10.8. The summed E-state index contributed by atoms with van der Waals surface area (Å²) in [5.74, 6) is -0.287. The smallest absolute Gasteiger partial charge is 0.305 e. The molecule has 5 heteroatoms. The number of ether oxygens (including phenoxy) is 1. The van der Waals surface area contributed by atoms with Gasteiger partial charge in [0.05, 0.1) is 13.2 Å². The Balaban J connectivity index is 2.06. The zero-order chi connectivity index (χ0) is 11.8. The maximum Gasteiger partial charge on any atom is 0.305 e. The molecule has 0 saturated heterocycles. The zero-order valence-corrected chi connectivity index (χ0v) is 9.40. The normalized spacial score (nSPS) is 12.4. The molecule has 0 fully saturated rings. The number of carbonyl (C=O) groups is 1. The standard InChI is InChI=1S/C11H18N2O3/c1-16-11(15)3-2-10(14)8-13-7-9-4-5-12-6-9/h4-6,10,12-14H,2-3,7-8H2,1H3. The number of hydrogen-bond donors (Lipinski definition) is 3. The van der Waals surface area contributed by atoms with E-state index in [1.165, 1.54) is 7.11 Å². The molecule has 5 nitrogen and oxygen atoms in total. The minimum absolute atomic E-state index is 0.253. The highest BCUT2D eigenvalue weighted by atomic mass is 16.5. The largest absolute Gasteiger partial charge is 0.469 e. The van der Waals surface area contributed by atoms with E-state index >= 15 is 0 Å². The van der Waals surface area contributed by atoms with Crippen molar-refractivity contribution in [1.82, 2.24) is 10.3 Å². The lowest BCUT2D eigenvalue weighted by atomic mass is 10.2. The van der Waals surface area contributed by atoms with Crippen molar-refractivity contribution in [1.29, 1.82) is 0 Å². The number of rotatable bonds is 7. The topological polar surface area (TPSA) is 74.3 Å². The van der Waals surface area contributed by atoms with Gasteiger partial charge in [0, 0.05) is 31.9 Å². The first-order chi connectivity index (χ1) is 7.72. The Morgan fingerprint density at radius 1 is 1.69 bits per heavy atom. The van der Waals surface area contributed by atoms with E-state index < -0.39 is 6.10 Å². The van der Waals surface area contributed by atoms with Gasteiger partial charge in [0.25, 0.3) is 0 Å². The van der Waals surface area contributed by atoms with Gasteiger partial charge in [-0.3, -0.25) is 4.79 Å². The molecule has 1 aromatic rings. The average Bonchev–Trinajstić information content (AvgIpc) is 2.79. The third kappa shape index (κ3) is 4.95. The van der Waals surface area contributed by atoms with Crippen molar-refractivity contribution in [3.63, 3.8) is 0 Å². The minimum atomic E-state index is -0.516. The molecule has 3 N–H and O–H groups in total. The third-order valence-corrected chi connectivity index (χ3v) is 2.28. The van der Waals surface area contributed by atoms with Crippen LogP contribution >= 0.6 is 0 Å². The summed E-state index contributed by atoms with van der Waals surface area (Å²) in [7, 11) is 1.35. The highest BCUT2D eigenvalue weighted by Gasteiger charge is 2.07. The van der Waals surface area contributed by atoms with Crippen LogP contribution in [0.4, 0.5) is 0 Å². The monoisotopic (exact) mass is 226 g/mol. The van der Waals surface area contributed by atoms with Gasteiger partial charge in [-0.25, -0.2) is 0 Å². The summed E-state index contributed by atoms with van der Waals surface area (Å²) >= 11 is 0. The summed E-state index contributed by atoms with van der Waals surface area (Å²) < 4.78 is 4.49. The molecule has 1 atom stereocenters. The van der Waals surface area contributed by atoms with Crippen LogP contribution in [0, 0.1) is 0 Å². The van der Waals surface area contributed by atoms with Gasteiger partial charge in [-0.15, -0.1) is 0 Å². The van der Waals surface area contributed by atoms with E-state index in [1.807, 2.05) is 18.5 Å². The van der Waals surface area contributed by atoms with E-state index in [9.17, 15) is 9.90 Å². The molecular formula is C11H18N2O3. The van der Waals surface area contributed by atoms with Crippen LogP contribution in [-0.2, 0) is 16.1 Å². The molecule has 1 heterocycles. The van der Waals surface area contributed by atoms with E-state index in [0.717, 1.165) is 5.56 Å². The molecule has 0 bridgehead atoms. The Morgan fingerprint density at radius 2 is 2.50 bits per heavy atom. The van der Waals surface area contributed by atoms with Crippen LogP contribution in [0.3, 0.4) is 0 Å². The molecule has 1 aromatic heterocycles. The van der Waals surface area contributed by atoms with Gasteiger partial charge in [-0.1, -0.05) is 0 Å². The van der Waals surface area contributed by atoms with Gasteiger partial charge in [-0.2, -0.15) is 0 Å². The molecular weight excluding hydrogens is 208 g/mol. The second kappa shape index (κ2) is 7.03. The van der Waals surface area contributed by atoms with Crippen LogP contribution in [0.25, 0.3) is 0 Å². The summed E-state index contributed by atoms with van der Waals surface area (Å²) in [5, 5.41) is 12.7. The number of carbonyl (C=O) groups excluding carboxylic acids is 1. The summed E-state index contributed by atoms with van der Waals surface area (Å²) in [6, 6.07) is 1.97. The van der Waals surface area contributed by atoms with Crippen molar-refractivity contribution < 1.29 is 14.6 Å². The molecule has 1 unspecified atom stereocenters. The fraction of sp³-hybridized carbons (Fsp3) is 0.545. The summed E-state index contributed by atoms with van der Waals surface area (Å²) in [6.07, 6.45) is 3.91. The Kier molecular flexibility index (Phi) is 5.60. The highest BCUT2D eigenvalue weighted by molar-refractivity contribution is 5.69. The molecule has 0 aliphatic carbocycles. The van der Waals surface area contributed by atoms with Crippen LogP contribution < -0.4 is 5.32 Å². The first kappa shape index (κ1) is 12.7. The van der Waals surface area contributed by atoms with E-state index in [-0.39, 0.29) is 12.4 Å². The number of H-pyrrole nitrogens is 1. The number of aromatic amines is 1. The van der Waals surface area contributed by atoms with Crippen molar-refractivity contribution in [3.05, 3.63) is 24.0 Å². The SMILES string of the molecule is COC(=O)CCC(O)CNCc1cc[nH]c1. The molecule has 0 aromatic carbocycles. The summed E-state index contributed by atoms with van der Waals surface area (Å²) in [5.41, 5.74) is 1.14. The quantitative estimate of drug-likeness (QED) is 0.589. The molecule has 90 valence electrons. The predicted octanol–water partition coefficient (Wildman–Crippen LogP) is 0.418. The molecule has 16 heavy (non-hydrogen) atoms. The summed E-state index contributed by atoms with van der Waals surface area (Å²) in [4.78, 5) is 13.8. The number of hydrogen-bond acceptors (Lipinski definition) is 4. The number of esters is 1. The Morgan fingerprint density at radius 3 is 3.12 bits per heavy atom. The van der Waals surface area contributed by atoms with Gasteiger partial charge in [0.2, 0.25) is 0 Å². The first-order valence-corrected chi connectivity index (χ1v) is 5.29. The lowest BCUT2D eigenvalue weighted by molar-refractivity contribution is -0.141. The lowest BCUT2D eigenvalue weighted by Crippen LogP contribution is -2.26. The number of aromatic nitrogens is 1. The first-order valence-electron chi connectivity index (χ1n) is 5.29.